The van der Waals surface area contributed by atoms with Crippen molar-refractivity contribution in [3.8, 4) is 17.2 Å². The molecule has 30 heavy (non-hydrogen) atoms. The number of ether oxygens (including phenoxy) is 2. The number of amides is 1. The first-order chi connectivity index (χ1) is 14.2. The minimum Gasteiger partial charge on any atom is -0.497 e. The van der Waals surface area contributed by atoms with E-state index < -0.39 is 10.1 Å². The third-order valence-corrected chi connectivity index (χ3v) is 5.52. The molecular formula is C22H29NO6S. The van der Waals surface area contributed by atoms with E-state index in [0.29, 0.717) is 30.2 Å². The lowest BCUT2D eigenvalue weighted by Crippen LogP contribution is -2.33. The zero-order valence-corrected chi connectivity index (χ0v) is 18.9. The van der Waals surface area contributed by atoms with Crippen LogP contribution in [0.15, 0.2) is 42.5 Å². The van der Waals surface area contributed by atoms with Gasteiger partial charge in [-0.2, -0.15) is 8.42 Å². The minimum atomic E-state index is -3.71. The molecule has 0 fully saturated rings. The Hall–Kier alpha value is -2.74. The van der Waals surface area contributed by atoms with Crippen LogP contribution in [-0.4, -0.2) is 45.7 Å². The number of rotatable bonds is 10. The first kappa shape index (κ1) is 23.5. The smallest absolute Gasteiger partial charge is 0.309 e. The Kier molecular flexibility index (Phi) is 8.11. The maximum atomic E-state index is 13.1. The summed E-state index contributed by atoms with van der Waals surface area (Å²) >= 11 is 0. The number of carbonyl (C=O) groups is 1. The SMILES string of the molecule is CCS(=O)(=O)Oc1cc(CN(CC(C)C)C(=O)c2ccc(OC)cc2)ccc1OC. The molecule has 1 amide bonds. The highest BCUT2D eigenvalue weighted by atomic mass is 32.2. The van der Waals surface area contributed by atoms with Gasteiger partial charge in [0.05, 0.1) is 20.0 Å². The monoisotopic (exact) mass is 435 g/mol. The Morgan fingerprint density at radius 1 is 1.00 bits per heavy atom. The molecule has 2 rings (SSSR count). The molecule has 0 saturated carbocycles. The van der Waals surface area contributed by atoms with E-state index in [0.717, 1.165) is 5.56 Å². The topological polar surface area (TPSA) is 82.1 Å². The van der Waals surface area contributed by atoms with Gasteiger partial charge in [-0.05, 0) is 54.8 Å². The van der Waals surface area contributed by atoms with Gasteiger partial charge in [-0.15, -0.1) is 0 Å². The second-order valence-corrected chi connectivity index (χ2v) is 9.08. The van der Waals surface area contributed by atoms with Crippen molar-refractivity contribution >= 4 is 16.0 Å². The van der Waals surface area contributed by atoms with Gasteiger partial charge in [0.15, 0.2) is 11.5 Å². The fraction of sp³-hybridized carbons (Fsp3) is 0.409. The highest BCUT2D eigenvalue weighted by Crippen LogP contribution is 2.30. The number of benzene rings is 2. The quantitative estimate of drug-likeness (QED) is 0.529. The summed E-state index contributed by atoms with van der Waals surface area (Å²) in [6.07, 6.45) is 0. The van der Waals surface area contributed by atoms with Crippen molar-refractivity contribution in [1.29, 1.82) is 0 Å². The van der Waals surface area contributed by atoms with E-state index in [2.05, 4.69) is 0 Å². The summed E-state index contributed by atoms with van der Waals surface area (Å²) in [7, 11) is -0.691. The van der Waals surface area contributed by atoms with Gasteiger partial charge in [0.25, 0.3) is 5.91 Å². The van der Waals surface area contributed by atoms with Crippen LogP contribution >= 0.6 is 0 Å². The van der Waals surface area contributed by atoms with Gasteiger partial charge in [-0.3, -0.25) is 4.79 Å². The number of carbonyl (C=O) groups excluding carboxylic acids is 1. The Morgan fingerprint density at radius 2 is 1.67 bits per heavy atom. The van der Waals surface area contributed by atoms with Crippen LogP contribution in [0.25, 0.3) is 0 Å². The lowest BCUT2D eigenvalue weighted by molar-refractivity contribution is 0.0722. The second kappa shape index (κ2) is 10.3. The lowest BCUT2D eigenvalue weighted by atomic mass is 10.1. The van der Waals surface area contributed by atoms with E-state index in [-0.39, 0.29) is 23.3 Å². The number of hydrogen-bond donors (Lipinski definition) is 0. The van der Waals surface area contributed by atoms with Gasteiger partial charge in [0.2, 0.25) is 0 Å². The van der Waals surface area contributed by atoms with E-state index in [9.17, 15) is 13.2 Å². The molecule has 0 aliphatic rings. The maximum Gasteiger partial charge on any atom is 0.309 e. The Balaban J connectivity index is 2.32. The largest absolute Gasteiger partial charge is 0.497 e. The number of hydrogen-bond acceptors (Lipinski definition) is 6. The molecule has 0 unspecified atom stereocenters. The Morgan fingerprint density at radius 3 is 2.20 bits per heavy atom. The molecule has 0 aliphatic heterocycles. The predicted octanol–water partition coefficient (Wildman–Crippen LogP) is 3.73. The molecule has 0 aliphatic carbocycles. The Labute approximate surface area is 178 Å². The average molecular weight is 436 g/mol. The maximum absolute atomic E-state index is 13.1. The number of nitrogens with zero attached hydrogens (tertiary/aromatic N) is 1. The molecule has 0 saturated heterocycles. The molecular weight excluding hydrogens is 406 g/mol. The van der Waals surface area contributed by atoms with Gasteiger partial charge >= 0.3 is 10.1 Å². The van der Waals surface area contributed by atoms with Crippen LogP contribution in [0.2, 0.25) is 0 Å². The molecule has 164 valence electrons. The molecule has 0 N–H and O–H groups in total. The summed E-state index contributed by atoms with van der Waals surface area (Å²) < 4.78 is 39.4. The molecule has 7 nitrogen and oxygen atoms in total. The van der Waals surface area contributed by atoms with Gasteiger partial charge in [-0.1, -0.05) is 19.9 Å². The summed E-state index contributed by atoms with van der Waals surface area (Å²) in [5, 5.41) is 0. The molecule has 0 spiro atoms. The highest BCUT2D eigenvalue weighted by Gasteiger charge is 2.20. The number of methoxy groups -OCH3 is 2. The van der Waals surface area contributed by atoms with Crippen LogP contribution < -0.4 is 13.7 Å². The molecule has 0 aromatic heterocycles. The van der Waals surface area contributed by atoms with Crippen molar-refractivity contribution in [1.82, 2.24) is 4.90 Å². The lowest BCUT2D eigenvalue weighted by Gasteiger charge is -2.25. The normalized spacial score (nSPS) is 11.3. The molecule has 0 atom stereocenters. The van der Waals surface area contributed by atoms with Crippen LogP contribution in [0.4, 0.5) is 0 Å². The molecule has 0 radical (unpaired) electrons. The molecule has 0 heterocycles. The second-order valence-electron chi connectivity index (χ2n) is 7.22. The van der Waals surface area contributed by atoms with Crippen LogP contribution in [-0.2, 0) is 16.7 Å². The third-order valence-electron chi connectivity index (χ3n) is 4.38. The summed E-state index contributed by atoms with van der Waals surface area (Å²) in [4.78, 5) is 14.8. The van der Waals surface area contributed by atoms with E-state index >= 15 is 0 Å². The molecule has 8 heteroatoms. The summed E-state index contributed by atoms with van der Waals surface area (Å²) in [5.74, 6) is 1.07. The van der Waals surface area contributed by atoms with Crippen LogP contribution in [0.5, 0.6) is 17.2 Å². The zero-order valence-electron chi connectivity index (χ0n) is 18.0. The fourth-order valence-corrected chi connectivity index (χ4v) is 3.40. The third kappa shape index (κ3) is 6.38. The van der Waals surface area contributed by atoms with Crippen LogP contribution in [0, 0.1) is 5.92 Å². The average Bonchev–Trinajstić information content (AvgIpc) is 2.72. The highest BCUT2D eigenvalue weighted by molar-refractivity contribution is 7.87. The van der Waals surface area contributed by atoms with Crippen molar-refractivity contribution in [2.75, 3.05) is 26.5 Å². The summed E-state index contributed by atoms with van der Waals surface area (Å²) in [6, 6.07) is 12.0. The van der Waals surface area contributed by atoms with E-state index in [1.807, 2.05) is 13.8 Å². The van der Waals surface area contributed by atoms with Crippen LogP contribution in [0.3, 0.4) is 0 Å². The van der Waals surface area contributed by atoms with Gasteiger partial charge < -0.3 is 18.6 Å². The van der Waals surface area contributed by atoms with E-state index in [1.54, 1.807) is 54.5 Å². The van der Waals surface area contributed by atoms with Gasteiger partial charge in [0, 0.05) is 18.7 Å². The van der Waals surface area contributed by atoms with Crippen molar-refractivity contribution in [3.05, 3.63) is 53.6 Å². The molecule has 0 bridgehead atoms. The molecule has 2 aromatic carbocycles. The fourth-order valence-electron chi connectivity index (χ4n) is 2.88. The van der Waals surface area contributed by atoms with E-state index in [1.165, 1.54) is 14.0 Å². The van der Waals surface area contributed by atoms with Crippen LogP contribution in [0.1, 0.15) is 36.7 Å². The van der Waals surface area contributed by atoms with Crippen molar-refractivity contribution in [3.63, 3.8) is 0 Å². The van der Waals surface area contributed by atoms with Gasteiger partial charge in [-0.25, -0.2) is 0 Å². The van der Waals surface area contributed by atoms with Crippen molar-refractivity contribution in [2.24, 2.45) is 5.92 Å². The van der Waals surface area contributed by atoms with Gasteiger partial charge in [0.1, 0.15) is 5.75 Å². The minimum absolute atomic E-state index is 0.109. The molecule has 2 aromatic rings. The standard InChI is InChI=1S/C22H29NO6S/c1-6-30(25,26)29-21-13-17(7-12-20(21)28-5)15-23(14-16(2)3)22(24)18-8-10-19(27-4)11-9-18/h7-13,16H,6,14-15H2,1-5H3. The zero-order chi connectivity index (χ0) is 22.3. The van der Waals surface area contributed by atoms with Crippen molar-refractivity contribution < 1.29 is 26.9 Å². The first-order valence-electron chi connectivity index (χ1n) is 9.71. The summed E-state index contributed by atoms with van der Waals surface area (Å²) in [5.41, 5.74) is 1.29. The summed E-state index contributed by atoms with van der Waals surface area (Å²) in [6.45, 7) is 6.41. The predicted molar refractivity (Wildman–Crippen MR) is 116 cm³/mol. The van der Waals surface area contributed by atoms with Crippen molar-refractivity contribution in [2.45, 2.75) is 27.3 Å². The Bertz CT molecular complexity index is 954. The van der Waals surface area contributed by atoms with E-state index in [4.69, 9.17) is 13.7 Å². The first-order valence-corrected chi connectivity index (χ1v) is 11.3.